The van der Waals surface area contributed by atoms with Crippen LogP contribution in [0.2, 0.25) is 0 Å². The molecule has 1 unspecified atom stereocenters. The minimum absolute atomic E-state index is 0.181. The fraction of sp³-hybridized carbons (Fsp3) is 1.00. The first-order chi connectivity index (χ1) is 6.21. The smallest absolute Gasteiger partial charge is 0.380 e. The highest BCUT2D eigenvalue weighted by Gasteiger charge is 2.24. The predicted molar refractivity (Wildman–Crippen MR) is 49.6 cm³/mol. The number of rotatable bonds is 4. The summed E-state index contributed by atoms with van der Waals surface area (Å²) in [5.41, 5.74) is 0. The van der Waals surface area contributed by atoms with E-state index in [4.69, 9.17) is 29.2 Å². The molecule has 14 heavy (non-hydrogen) atoms. The van der Waals surface area contributed by atoms with E-state index in [-0.39, 0.29) is 6.42 Å². The van der Waals surface area contributed by atoms with E-state index in [1.165, 1.54) is 0 Å². The molecule has 9 heteroatoms. The summed E-state index contributed by atoms with van der Waals surface area (Å²) >= 11 is 0. The lowest BCUT2D eigenvalue weighted by Crippen LogP contribution is -2.06. The van der Waals surface area contributed by atoms with Gasteiger partial charge < -0.3 is 14.9 Å². The molecular formula is C5H15O7P2+. The summed E-state index contributed by atoms with van der Waals surface area (Å²) in [7, 11) is -7.10. The molecule has 0 aromatic rings. The van der Waals surface area contributed by atoms with Gasteiger partial charge in [-0.3, -0.25) is 4.57 Å². The third-order valence-electron chi connectivity index (χ3n) is 1.20. The first kappa shape index (κ1) is 16.6. The Hall–Kier alpha value is 0.130. The van der Waals surface area contributed by atoms with Crippen molar-refractivity contribution in [1.82, 2.24) is 0 Å². The highest BCUT2D eigenvalue weighted by atomic mass is 31.2. The highest BCUT2D eigenvalue weighted by Crippen LogP contribution is 2.41. The summed E-state index contributed by atoms with van der Waals surface area (Å²) in [4.78, 5) is 31.0. The average Bonchev–Trinajstić information content (AvgIpc) is 1.97. The Balaban J connectivity index is 0. The molecule has 0 radical (unpaired) electrons. The molecule has 0 aliphatic carbocycles. The van der Waals surface area contributed by atoms with Gasteiger partial charge in [0.25, 0.3) is 0 Å². The zero-order valence-electron chi connectivity index (χ0n) is 7.65. The number of aliphatic hydroxyl groups excluding tert-OH is 1. The van der Waals surface area contributed by atoms with Gasteiger partial charge in [-0.2, -0.15) is 0 Å². The number of hydrogen-bond donors (Lipinski definition) is 5. The topological polar surface area (TPSA) is 135 Å². The molecule has 0 fully saturated rings. The van der Waals surface area contributed by atoms with Crippen LogP contribution in [0.15, 0.2) is 0 Å². The van der Waals surface area contributed by atoms with Gasteiger partial charge in [-0.15, -0.1) is 9.79 Å². The largest absolute Gasteiger partial charge is 0.692 e. The van der Waals surface area contributed by atoms with Crippen molar-refractivity contribution in [2.24, 2.45) is 0 Å². The van der Waals surface area contributed by atoms with E-state index >= 15 is 0 Å². The minimum Gasteiger partial charge on any atom is -0.380 e. The molecule has 0 rings (SSSR count). The zero-order valence-corrected chi connectivity index (χ0v) is 9.43. The summed E-state index contributed by atoms with van der Waals surface area (Å²) in [6.07, 6.45) is 1.66. The first-order valence-corrected chi connectivity index (χ1v) is 6.64. The second kappa shape index (κ2) is 8.44. The molecule has 0 heterocycles. The average molecular weight is 249 g/mol. The van der Waals surface area contributed by atoms with Gasteiger partial charge in [-0.05, 0) is 6.42 Å². The molecule has 0 aliphatic heterocycles. The number of aliphatic hydroxyl groups is 1. The minimum atomic E-state index is -4.23. The van der Waals surface area contributed by atoms with Gasteiger partial charge in [0, 0.05) is 4.57 Å². The van der Waals surface area contributed by atoms with E-state index in [0.29, 0.717) is 6.42 Å². The maximum absolute atomic E-state index is 10.3. The molecule has 0 aromatic carbocycles. The van der Waals surface area contributed by atoms with Crippen molar-refractivity contribution in [3.05, 3.63) is 0 Å². The van der Waals surface area contributed by atoms with Crippen LogP contribution in [0.5, 0.6) is 0 Å². The zero-order chi connectivity index (χ0) is 11.8. The van der Waals surface area contributed by atoms with E-state index in [1.54, 1.807) is 0 Å². The van der Waals surface area contributed by atoms with E-state index in [9.17, 15) is 4.57 Å². The lowest BCUT2D eigenvalue weighted by atomic mass is 10.3. The van der Waals surface area contributed by atoms with Gasteiger partial charge in [0.2, 0.25) is 0 Å². The Kier molecular flexibility index (Phi) is 9.98. The van der Waals surface area contributed by atoms with Crippen molar-refractivity contribution in [3.63, 3.8) is 0 Å². The van der Waals surface area contributed by atoms with E-state index in [0.717, 1.165) is 6.42 Å². The van der Waals surface area contributed by atoms with Crippen LogP contribution in [0.25, 0.3) is 0 Å². The molecule has 0 aromatic heterocycles. The highest BCUT2D eigenvalue weighted by molar-refractivity contribution is 7.52. The van der Waals surface area contributed by atoms with Crippen LogP contribution in [0.3, 0.4) is 0 Å². The Morgan fingerprint density at radius 1 is 1.36 bits per heavy atom. The normalized spacial score (nSPS) is 12.7. The summed E-state index contributed by atoms with van der Waals surface area (Å²) < 4.78 is 19.0. The van der Waals surface area contributed by atoms with Gasteiger partial charge >= 0.3 is 15.9 Å². The van der Waals surface area contributed by atoms with Crippen LogP contribution in [-0.2, 0) is 9.13 Å². The number of unbranched alkanes of at least 4 members (excludes halogenated alkanes) is 1. The predicted octanol–water partition coefficient (Wildman–Crippen LogP) is 0.301. The van der Waals surface area contributed by atoms with Crippen molar-refractivity contribution in [2.45, 2.75) is 32.0 Å². The third kappa shape index (κ3) is 14.6. The molecule has 0 amide bonds. The van der Waals surface area contributed by atoms with Crippen molar-refractivity contribution in [1.29, 1.82) is 0 Å². The Morgan fingerprint density at radius 3 is 1.93 bits per heavy atom. The first-order valence-electron chi connectivity index (χ1n) is 3.80. The van der Waals surface area contributed by atoms with Crippen LogP contribution >= 0.6 is 15.9 Å². The maximum atomic E-state index is 10.3. The standard InChI is InChI=1S/C5H13O4P.HO3P/c1-2-3-4-5(6)10(7,8)9;1-4(2)3/h5-6H,2-4H2,1H3,(H2,7,8,9);(H-,1,2,3)/p+1. The molecule has 1 atom stereocenters. The van der Waals surface area contributed by atoms with Crippen LogP contribution in [0.1, 0.15) is 26.2 Å². The van der Waals surface area contributed by atoms with Crippen LogP contribution in [0.4, 0.5) is 0 Å². The SMILES string of the molecule is CCCCC(O)P(=O)(O)O.O=[P+](O)O. The maximum Gasteiger partial charge on any atom is 0.692 e. The fourth-order valence-corrected chi connectivity index (χ4v) is 1.07. The lowest BCUT2D eigenvalue weighted by Gasteiger charge is -2.10. The molecule has 0 saturated carbocycles. The Morgan fingerprint density at radius 2 is 1.71 bits per heavy atom. The second-order valence-electron chi connectivity index (χ2n) is 2.46. The molecule has 0 spiro atoms. The van der Waals surface area contributed by atoms with E-state index in [1.807, 2.05) is 6.92 Å². The van der Waals surface area contributed by atoms with E-state index in [2.05, 4.69) is 0 Å². The molecule has 5 N–H and O–H groups in total. The molecule has 7 nitrogen and oxygen atoms in total. The van der Waals surface area contributed by atoms with Crippen molar-refractivity contribution >= 4 is 15.9 Å². The lowest BCUT2D eigenvalue weighted by molar-refractivity contribution is 0.191. The van der Waals surface area contributed by atoms with E-state index < -0.39 is 21.7 Å². The Labute approximate surface area is 82.5 Å². The van der Waals surface area contributed by atoms with Crippen molar-refractivity contribution in [3.8, 4) is 0 Å². The molecule has 86 valence electrons. The van der Waals surface area contributed by atoms with Crippen LogP contribution < -0.4 is 0 Å². The second-order valence-corrected chi connectivity index (χ2v) is 4.74. The third-order valence-corrected chi connectivity index (χ3v) is 2.24. The van der Waals surface area contributed by atoms with Crippen LogP contribution in [0, 0.1) is 0 Å². The number of hydrogen-bond acceptors (Lipinski definition) is 3. The quantitative estimate of drug-likeness (QED) is 0.452. The Bertz CT molecular complexity index is 196. The van der Waals surface area contributed by atoms with Gasteiger partial charge in [0.05, 0.1) is 0 Å². The van der Waals surface area contributed by atoms with Crippen molar-refractivity contribution < 1.29 is 33.8 Å². The summed E-state index contributed by atoms with van der Waals surface area (Å²) in [5, 5.41) is 8.75. The molecule has 0 saturated heterocycles. The van der Waals surface area contributed by atoms with Gasteiger partial charge in [0.1, 0.15) is 0 Å². The summed E-state index contributed by atoms with van der Waals surface area (Å²) in [5.74, 6) is -1.47. The monoisotopic (exact) mass is 249 g/mol. The summed E-state index contributed by atoms with van der Waals surface area (Å²) in [6, 6.07) is 0. The molecular weight excluding hydrogens is 234 g/mol. The van der Waals surface area contributed by atoms with Gasteiger partial charge in [-0.25, -0.2) is 0 Å². The fourth-order valence-electron chi connectivity index (χ4n) is 0.555. The molecule has 0 bridgehead atoms. The van der Waals surface area contributed by atoms with Crippen LogP contribution in [-0.4, -0.2) is 30.5 Å². The van der Waals surface area contributed by atoms with Gasteiger partial charge in [0.15, 0.2) is 5.85 Å². The van der Waals surface area contributed by atoms with Gasteiger partial charge in [-0.1, -0.05) is 19.8 Å². The molecule has 0 aliphatic rings. The summed E-state index contributed by atoms with van der Waals surface area (Å²) in [6.45, 7) is 1.90. The van der Waals surface area contributed by atoms with Crippen molar-refractivity contribution in [2.75, 3.05) is 0 Å².